The molecular weight excluding hydrogens is 445 g/mol. The van der Waals surface area contributed by atoms with Gasteiger partial charge in [0.05, 0.1) is 4.90 Å². The highest BCUT2D eigenvalue weighted by atomic mass is 32.2. The third-order valence-electron chi connectivity index (χ3n) is 5.38. The van der Waals surface area contributed by atoms with Crippen LogP contribution in [0.2, 0.25) is 0 Å². The van der Waals surface area contributed by atoms with Crippen LogP contribution in [0, 0.1) is 12.8 Å². The molecule has 1 fully saturated rings. The molecule has 1 atom stereocenters. The van der Waals surface area contributed by atoms with Crippen molar-refractivity contribution < 1.29 is 31.1 Å². The molecule has 0 radical (unpaired) electrons. The van der Waals surface area contributed by atoms with Gasteiger partial charge in [0.25, 0.3) is 0 Å². The molecule has 3 rings (SSSR count). The van der Waals surface area contributed by atoms with E-state index in [1.807, 2.05) is 6.92 Å². The molecule has 0 bridgehead atoms. The van der Waals surface area contributed by atoms with Crippen LogP contribution in [0.3, 0.4) is 0 Å². The molecule has 1 saturated heterocycles. The lowest BCUT2D eigenvalue weighted by Gasteiger charge is -2.30. The summed E-state index contributed by atoms with van der Waals surface area (Å²) in [4.78, 5) is 12.8. The number of piperidine rings is 1. The number of hydrogen-bond donors (Lipinski definition) is 1. The number of benzene rings is 2. The predicted molar refractivity (Wildman–Crippen MR) is 114 cm³/mol. The van der Waals surface area contributed by atoms with Gasteiger partial charge in [-0.2, -0.15) is 17.5 Å². The van der Waals surface area contributed by atoms with E-state index in [9.17, 15) is 26.4 Å². The zero-order valence-corrected chi connectivity index (χ0v) is 18.5. The molecule has 0 aliphatic carbocycles. The average Bonchev–Trinajstić information content (AvgIpc) is 2.75. The first-order valence-corrected chi connectivity index (χ1v) is 11.6. The summed E-state index contributed by atoms with van der Waals surface area (Å²) >= 11 is 0. The fraction of sp³-hybridized carbons (Fsp3) is 0.409. The largest absolute Gasteiger partial charge is 0.481 e. The molecule has 1 N–H and O–H groups in total. The van der Waals surface area contributed by atoms with Gasteiger partial charge in [0.2, 0.25) is 15.9 Å². The minimum atomic E-state index is -4.46. The highest BCUT2D eigenvalue weighted by Gasteiger charge is 2.38. The topological polar surface area (TPSA) is 75.7 Å². The number of ether oxygens (including phenoxy) is 1. The van der Waals surface area contributed by atoms with Gasteiger partial charge in [-0.05, 0) is 63.1 Å². The van der Waals surface area contributed by atoms with Crippen molar-refractivity contribution in [2.75, 3.05) is 18.4 Å². The maximum atomic E-state index is 12.8. The molecule has 1 unspecified atom stereocenters. The Bertz CT molecular complexity index is 1030. The van der Waals surface area contributed by atoms with E-state index in [4.69, 9.17) is 4.74 Å². The summed E-state index contributed by atoms with van der Waals surface area (Å²) in [5.41, 5.74) is 1.39. The van der Waals surface area contributed by atoms with Gasteiger partial charge < -0.3 is 10.1 Å². The molecule has 174 valence electrons. The molecule has 10 heteroatoms. The number of alkyl halides is 3. The highest BCUT2D eigenvalue weighted by molar-refractivity contribution is 7.89. The van der Waals surface area contributed by atoms with Gasteiger partial charge in [0, 0.05) is 24.7 Å². The number of anilines is 1. The minimum Gasteiger partial charge on any atom is -0.481 e. The number of aryl methyl sites for hydroxylation is 1. The second kappa shape index (κ2) is 9.50. The van der Waals surface area contributed by atoms with Gasteiger partial charge in [0.1, 0.15) is 5.75 Å². The van der Waals surface area contributed by atoms with E-state index in [0.29, 0.717) is 18.5 Å². The van der Waals surface area contributed by atoms with E-state index < -0.39 is 22.3 Å². The van der Waals surface area contributed by atoms with E-state index >= 15 is 0 Å². The predicted octanol–water partition coefficient (Wildman–Crippen LogP) is 4.36. The number of hydrogen-bond acceptors (Lipinski definition) is 4. The number of carbonyl (C=O) groups excluding carboxylic acids is 1. The summed E-state index contributed by atoms with van der Waals surface area (Å²) in [5.74, 6) is -0.571. The van der Waals surface area contributed by atoms with E-state index in [0.717, 1.165) is 12.5 Å². The molecule has 1 heterocycles. The Labute approximate surface area is 185 Å². The van der Waals surface area contributed by atoms with Crippen LogP contribution in [0.1, 0.15) is 25.3 Å². The lowest BCUT2D eigenvalue weighted by Crippen LogP contribution is -2.41. The summed E-state index contributed by atoms with van der Waals surface area (Å²) in [6.45, 7) is 3.26. The molecule has 0 saturated carbocycles. The molecule has 6 nitrogen and oxygen atoms in total. The molecule has 0 aromatic heterocycles. The minimum absolute atomic E-state index is 0.0439. The van der Waals surface area contributed by atoms with Crippen LogP contribution in [-0.4, -0.2) is 44.0 Å². The van der Waals surface area contributed by atoms with Crippen LogP contribution in [0.15, 0.2) is 53.4 Å². The van der Waals surface area contributed by atoms with E-state index in [1.165, 1.54) is 28.6 Å². The standard InChI is InChI=1S/C22H25F3N2O4S/c1-15-3-9-20(10-4-15)32(29,30)27-13-11-17(12-14-27)21(28)26-18-5-7-19(8-6-18)31-16(2)22(23,24)25/h3-10,16-17H,11-14H2,1-2H3,(H,26,28). The second-order valence-electron chi connectivity index (χ2n) is 7.81. The SMILES string of the molecule is Cc1ccc(S(=O)(=O)N2CCC(C(=O)Nc3ccc(OC(C)C(F)(F)F)cc3)CC2)cc1. The third kappa shape index (κ3) is 5.80. The van der Waals surface area contributed by atoms with Crippen LogP contribution < -0.4 is 10.1 Å². The number of sulfonamides is 1. The van der Waals surface area contributed by atoms with Crippen molar-refractivity contribution >= 4 is 21.6 Å². The summed E-state index contributed by atoms with van der Waals surface area (Å²) in [5, 5.41) is 2.73. The van der Waals surface area contributed by atoms with Gasteiger partial charge in [-0.15, -0.1) is 0 Å². The van der Waals surface area contributed by atoms with E-state index in [1.54, 1.807) is 24.3 Å². The second-order valence-corrected chi connectivity index (χ2v) is 9.74. The summed E-state index contributed by atoms with van der Waals surface area (Å²) < 4.78 is 69.5. The van der Waals surface area contributed by atoms with Gasteiger partial charge in [-0.1, -0.05) is 17.7 Å². The quantitative estimate of drug-likeness (QED) is 0.681. The van der Waals surface area contributed by atoms with E-state index in [2.05, 4.69) is 5.32 Å². The van der Waals surface area contributed by atoms with Gasteiger partial charge in [0.15, 0.2) is 6.10 Å². The van der Waals surface area contributed by atoms with Crippen molar-refractivity contribution in [1.82, 2.24) is 4.31 Å². The van der Waals surface area contributed by atoms with Crippen molar-refractivity contribution in [3.8, 4) is 5.75 Å². The maximum absolute atomic E-state index is 12.8. The Morgan fingerprint density at radius 2 is 1.62 bits per heavy atom. The number of nitrogens with one attached hydrogen (secondary N) is 1. The average molecular weight is 471 g/mol. The molecule has 2 aromatic carbocycles. The molecule has 2 aromatic rings. The number of halogens is 3. The van der Waals surface area contributed by atoms with Crippen molar-refractivity contribution in [3.63, 3.8) is 0 Å². The molecule has 1 aliphatic rings. The smallest absolute Gasteiger partial charge is 0.425 e. The highest BCUT2D eigenvalue weighted by Crippen LogP contribution is 2.27. The summed E-state index contributed by atoms with van der Waals surface area (Å²) in [6, 6.07) is 12.3. The fourth-order valence-electron chi connectivity index (χ4n) is 3.35. The van der Waals surface area contributed by atoms with Crippen LogP contribution in [-0.2, 0) is 14.8 Å². The maximum Gasteiger partial charge on any atom is 0.425 e. The number of amides is 1. The molecule has 1 aliphatic heterocycles. The lowest BCUT2D eigenvalue weighted by molar-refractivity contribution is -0.189. The monoisotopic (exact) mass is 470 g/mol. The fourth-order valence-corrected chi connectivity index (χ4v) is 4.82. The van der Waals surface area contributed by atoms with Gasteiger partial charge in [-0.3, -0.25) is 4.79 Å². The Kier molecular flexibility index (Phi) is 7.14. The zero-order chi connectivity index (χ0) is 23.5. The van der Waals surface area contributed by atoms with E-state index in [-0.39, 0.29) is 35.6 Å². The molecule has 0 spiro atoms. The Balaban J connectivity index is 1.54. The third-order valence-corrected chi connectivity index (χ3v) is 7.29. The molecule has 32 heavy (non-hydrogen) atoms. The Morgan fingerprint density at radius 3 is 2.16 bits per heavy atom. The van der Waals surface area contributed by atoms with Crippen molar-refractivity contribution in [1.29, 1.82) is 0 Å². The van der Waals surface area contributed by atoms with Gasteiger partial charge in [-0.25, -0.2) is 8.42 Å². The van der Waals surface area contributed by atoms with Crippen LogP contribution in [0.4, 0.5) is 18.9 Å². The first-order chi connectivity index (χ1) is 15.0. The number of rotatable bonds is 6. The zero-order valence-electron chi connectivity index (χ0n) is 17.7. The number of carbonyl (C=O) groups is 1. The van der Waals surface area contributed by atoms with Crippen molar-refractivity contribution in [2.45, 2.75) is 43.9 Å². The Hall–Kier alpha value is -2.59. The summed E-state index contributed by atoms with van der Waals surface area (Å²) in [6.07, 6.45) is -5.65. The van der Waals surface area contributed by atoms with Gasteiger partial charge >= 0.3 is 6.18 Å². The number of nitrogens with zero attached hydrogens (tertiary/aromatic N) is 1. The summed E-state index contributed by atoms with van der Waals surface area (Å²) in [7, 11) is -3.60. The van der Waals surface area contributed by atoms with Crippen molar-refractivity contribution in [2.24, 2.45) is 5.92 Å². The molecule has 1 amide bonds. The van der Waals surface area contributed by atoms with Crippen LogP contribution >= 0.6 is 0 Å². The Morgan fingerprint density at radius 1 is 1.06 bits per heavy atom. The van der Waals surface area contributed by atoms with Crippen LogP contribution in [0.25, 0.3) is 0 Å². The van der Waals surface area contributed by atoms with Crippen LogP contribution in [0.5, 0.6) is 5.75 Å². The van der Waals surface area contributed by atoms with Crippen molar-refractivity contribution in [3.05, 3.63) is 54.1 Å². The first kappa shape index (κ1) is 24.1. The first-order valence-electron chi connectivity index (χ1n) is 10.2. The normalized spacial score (nSPS) is 17.0. The molecular formula is C22H25F3N2O4S. The lowest BCUT2D eigenvalue weighted by atomic mass is 9.97.